The van der Waals surface area contributed by atoms with Gasteiger partial charge in [0.15, 0.2) is 0 Å². The fraction of sp³-hybridized carbons (Fsp3) is 0.962. The van der Waals surface area contributed by atoms with Gasteiger partial charge in [0.25, 0.3) is 0 Å². The number of esters is 1. The van der Waals surface area contributed by atoms with Crippen LogP contribution in [-0.2, 0) is 9.53 Å². The predicted octanol–water partition coefficient (Wildman–Crippen LogP) is 6.07. The summed E-state index contributed by atoms with van der Waals surface area (Å²) in [6.45, 7) is -0.132. The molecule has 31 heavy (non-hydrogen) atoms. The van der Waals surface area contributed by atoms with Gasteiger partial charge in [-0.25, -0.2) is 0 Å². The second-order valence-corrected chi connectivity index (χ2v) is 9.06. The lowest BCUT2D eigenvalue weighted by Gasteiger charge is -2.08. The van der Waals surface area contributed by atoms with E-state index >= 15 is 0 Å². The molecule has 186 valence electrons. The van der Waals surface area contributed by atoms with Gasteiger partial charge < -0.3 is 20.1 Å². The molecular weight excluding hydrogens is 392 g/mol. The molecule has 1 unspecified atom stereocenters. The van der Waals surface area contributed by atoms with Crippen molar-refractivity contribution in [1.82, 2.24) is 0 Å². The van der Waals surface area contributed by atoms with Crippen LogP contribution in [0.3, 0.4) is 0 Å². The molecule has 5 heteroatoms. The van der Waals surface area contributed by atoms with Crippen LogP contribution in [0, 0.1) is 0 Å². The van der Waals surface area contributed by atoms with E-state index in [1.54, 1.807) is 0 Å². The number of hydrogen-bond acceptors (Lipinski definition) is 5. The minimum Gasteiger partial charge on any atom is -0.463 e. The Morgan fingerprint density at radius 2 is 0.871 bits per heavy atom. The quantitative estimate of drug-likeness (QED) is 0.118. The lowest BCUT2D eigenvalue weighted by atomic mass is 10.0. The zero-order chi connectivity index (χ0) is 22.8. The van der Waals surface area contributed by atoms with Crippen molar-refractivity contribution < 1.29 is 24.9 Å². The van der Waals surface area contributed by atoms with Gasteiger partial charge in [0.2, 0.25) is 0 Å². The number of rotatable bonds is 25. The smallest absolute Gasteiger partial charge is 0.305 e. The standard InChI is InChI=1S/C26H52O5/c27-22-20-18-16-14-12-10-8-6-4-2-1-3-5-7-9-11-13-15-17-19-21-26(30)31-24-25(29)23-28/h25,27-29H,1-24H2. The van der Waals surface area contributed by atoms with Crippen molar-refractivity contribution in [3.63, 3.8) is 0 Å². The Balaban J connectivity index is 3.10. The summed E-state index contributed by atoms with van der Waals surface area (Å²) < 4.78 is 4.88. The second-order valence-electron chi connectivity index (χ2n) is 9.06. The Morgan fingerprint density at radius 1 is 0.548 bits per heavy atom. The molecule has 0 radical (unpaired) electrons. The molecule has 0 aliphatic rings. The van der Waals surface area contributed by atoms with E-state index in [9.17, 15) is 4.79 Å². The van der Waals surface area contributed by atoms with Crippen molar-refractivity contribution in [2.24, 2.45) is 0 Å². The molecule has 0 spiro atoms. The lowest BCUT2D eigenvalue weighted by Crippen LogP contribution is -2.21. The summed E-state index contributed by atoms with van der Waals surface area (Å²) in [5.41, 5.74) is 0. The largest absolute Gasteiger partial charge is 0.463 e. The number of aliphatic hydroxyl groups excluding tert-OH is 3. The van der Waals surface area contributed by atoms with E-state index in [4.69, 9.17) is 20.1 Å². The maximum Gasteiger partial charge on any atom is 0.305 e. The summed E-state index contributed by atoms with van der Waals surface area (Å²) >= 11 is 0. The van der Waals surface area contributed by atoms with Crippen LogP contribution in [0.1, 0.15) is 135 Å². The molecule has 0 heterocycles. The molecule has 1 atom stereocenters. The molecule has 0 amide bonds. The minimum atomic E-state index is -0.960. The van der Waals surface area contributed by atoms with Crippen LogP contribution in [0.2, 0.25) is 0 Å². The zero-order valence-corrected chi connectivity index (χ0v) is 20.2. The SMILES string of the molecule is O=C(CCCCCCCCCCCCCCCCCCCCCCO)OCC(O)CO. The van der Waals surface area contributed by atoms with Crippen LogP contribution < -0.4 is 0 Å². The second kappa shape index (κ2) is 25.6. The first-order valence-electron chi connectivity index (χ1n) is 13.3. The maximum atomic E-state index is 11.4. The van der Waals surface area contributed by atoms with E-state index in [1.165, 1.54) is 109 Å². The summed E-state index contributed by atoms with van der Waals surface area (Å²) in [6, 6.07) is 0. The summed E-state index contributed by atoms with van der Waals surface area (Å²) in [5.74, 6) is -0.280. The normalized spacial score (nSPS) is 12.2. The highest BCUT2D eigenvalue weighted by molar-refractivity contribution is 5.69. The van der Waals surface area contributed by atoms with Gasteiger partial charge in [0.05, 0.1) is 6.61 Å². The topological polar surface area (TPSA) is 87.0 Å². The van der Waals surface area contributed by atoms with Gasteiger partial charge in [-0.15, -0.1) is 0 Å². The molecular formula is C26H52O5. The Hall–Kier alpha value is -0.650. The van der Waals surface area contributed by atoms with Gasteiger partial charge >= 0.3 is 5.97 Å². The molecule has 0 aliphatic heterocycles. The molecule has 0 aliphatic carbocycles. The number of carbonyl (C=O) groups excluding carboxylic acids is 1. The van der Waals surface area contributed by atoms with Crippen molar-refractivity contribution in [2.45, 2.75) is 141 Å². The predicted molar refractivity (Wildman–Crippen MR) is 128 cm³/mol. The third kappa shape index (κ3) is 25.5. The first kappa shape index (κ1) is 30.4. The van der Waals surface area contributed by atoms with Gasteiger partial charge in [-0.05, 0) is 12.8 Å². The molecule has 0 fully saturated rings. The average molecular weight is 445 g/mol. The number of unbranched alkanes of at least 4 members (excludes halogenated alkanes) is 19. The molecule has 0 bridgehead atoms. The first-order valence-corrected chi connectivity index (χ1v) is 13.3. The molecule has 0 saturated heterocycles. The van der Waals surface area contributed by atoms with Crippen molar-refractivity contribution in [1.29, 1.82) is 0 Å². The van der Waals surface area contributed by atoms with Crippen molar-refractivity contribution >= 4 is 5.97 Å². The summed E-state index contributed by atoms with van der Waals surface area (Å²) in [6.07, 6.45) is 25.1. The number of aliphatic hydroxyl groups is 3. The highest BCUT2D eigenvalue weighted by Gasteiger charge is 2.07. The van der Waals surface area contributed by atoms with Gasteiger partial charge in [0, 0.05) is 13.0 Å². The molecule has 0 saturated carbocycles. The molecule has 0 aromatic heterocycles. The van der Waals surface area contributed by atoms with Crippen molar-refractivity contribution in [2.75, 3.05) is 19.8 Å². The van der Waals surface area contributed by atoms with Crippen LogP contribution in [0.15, 0.2) is 0 Å². The third-order valence-electron chi connectivity index (χ3n) is 5.94. The van der Waals surface area contributed by atoms with E-state index in [0.29, 0.717) is 13.0 Å². The van der Waals surface area contributed by atoms with E-state index in [2.05, 4.69) is 0 Å². The van der Waals surface area contributed by atoms with Gasteiger partial charge in [-0.1, -0.05) is 116 Å². The summed E-state index contributed by atoms with van der Waals surface area (Å²) in [7, 11) is 0. The molecule has 3 N–H and O–H groups in total. The molecule has 5 nitrogen and oxygen atoms in total. The Bertz CT molecular complexity index is 362. The minimum absolute atomic E-state index is 0.109. The monoisotopic (exact) mass is 444 g/mol. The zero-order valence-electron chi connectivity index (χ0n) is 20.2. The van der Waals surface area contributed by atoms with E-state index in [1.807, 2.05) is 0 Å². The molecule has 0 aromatic rings. The highest BCUT2D eigenvalue weighted by atomic mass is 16.5. The number of ether oxygens (including phenoxy) is 1. The first-order chi connectivity index (χ1) is 15.2. The highest BCUT2D eigenvalue weighted by Crippen LogP contribution is 2.15. The lowest BCUT2D eigenvalue weighted by molar-refractivity contribution is -0.147. The van der Waals surface area contributed by atoms with Crippen LogP contribution in [0.25, 0.3) is 0 Å². The summed E-state index contributed by atoms with van der Waals surface area (Å²) in [4.78, 5) is 11.4. The van der Waals surface area contributed by atoms with E-state index in [-0.39, 0.29) is 19.2 Å². The van der Waals surface area contributed by atoms with Crippen molar-refractivity contribution in [3.05, 3.63) is 0 Å². The Morgan fingerprint density at radius 3 is 1.19 bits per heavy atom. The Kier molecular flexibility index (Phi) is 25.1. The fourth-order valence-electron chi connectivity index (χ4n) is 3.88. The van der Waals surface area contributed by atoms with Gasteiger partial charge in [-0.2, -0.15) is 0 Å². The van der Waals surface area contributed by atoms with Crippen LogP contribution >= 0.6 is 0 Å². The van der Waals surface area contributed by atoms with Gasteiger partial charge in [-0.3, -0.25) is 4.79 Å². The van der Waals surface area contributed by atoms with Gasteiger partial charge in [0.1, 0.15) is 12.7 Å². The maximum absolute atomic E-state index is 11.4. The summed E-state index contributed by atoms with van der Waals surface area (Å²) in [5, 5.41) is 26.5. The third-order valence-corrected chi connectivity index (χ3v) is 5.94. The molecule has 0 aromatic carbocycles. The molecule has 0 rings (SSSR count). The number of hydrogen-bond donors (Lipinski definition) is 3. The average Bonchev–Trinajstić information content (AvgIpc) is 2.78. The fourth-order valence-corrected chi connectivity index (χ4v) is 3.88. The number of carbonyl (C=O) groups is 1. The van der Waals surface area contributed by atoms with E-state index < -0.39 is 6.10 Å². The Labute approximate surface area is 192 Å². The van der Waals surface area contributed by atoms with Crippen LogP contribution in [0.5, 0.6) is 0 Å². The van der Waals surface area contributed by atoms with Crippen molar-refractivity contribution in [3.8, 4) is 0 Å². The van der Waals surface area contributed by atoms with Crippen LogP contribution in [0.4, 0.5) is 0 Å². The van der Waals surface area contributed by atoms with E-state index in [0.717, 1.165) is 19.3 Å². The van der Waals surface area contributed by atoms with Crippen LogP contribution in [-0.4, -0.2) is 47.2 Å².